The summed E-state index contributed by atoms with van der Waals surface area (Å²) in [4.78, 5) is 21.4. The summed E-state index contributed by atoms with van der Waals surface area (Å²) in [6.07, 6.45) is 11.8. The summed E-state index contributed by atoms with van der Waals surface area (Å²) >= 11 is 0. The van der Waals surface area contributed by atoms with Gasteiger partial charge in [-0.3, -0.25) is 14.8 Å². The molecule has 3 aromatic heterocycles. The average Bonchev–Trinajstić information content (AvgIpc) is 3.48. The smallest absolute Gasteiger partial charge is 0.162 e. The van der Waals surface area contributed by atoms with Crippen molar-refractivity contribution in [3.05, 3.63) is 95.0 Å². The van der Waals surface area contributed by atoms with Gasteiger partial charge < -0.3 is 9.52 Å². The number of fused-ring (bicyclic) bond motifs is 6. The van der Waals surface area contributed by atoms with Crippen LogP contribution in [0.4, 0.5) is 0 Å². The number of rotatable bonds is 10. The van der Waals surface area contributed by atoms with E-state index in [1.807, 2.05) is 40.1 Å². The van der Waals surface area contributed by atoms with E-state index in [-0.39, 0.29) is 48.9 Å². The van der Waals surface area contributed by atoms with E-state index >= 15 is 0 Å². The number of benzene rings is 2. The first-order chi connectivity index (χ1) is 23.9. The Bertz CT molecular complexity index is 1990. The van der Waals surface area contributed by atoms with Crippen LogP contribution in [0.5, 0.6) is 0 Å². The maximum Gasteiger partial charge on any atom is 0.162 e. The molecule has 0 atom stereocenters. The van der Waals surface area contributed by atoms with Crippen LogP contribution in [-0.4, -0.2) is 20.9 Å². The largest absolute Gasteiger partial charge is 0.512 e. The summed E-state index contributed by atoms with van der Waals surface area (Å²) in [5, 5.41) is 13.2. The van der Waals surface area contributed by atoms with Crippen molar-refractivity contribution in [3.8, 4) is 22.7 Å². The van der Waals surface area contributed by atoms with Crippen LogP contribution in [0.25, 0.3) is 44.5 Å². The fourth-order valence-corrected chi connectivity index (χ4v) is 7.26. The minimum Gasteiger partial charge on any atom is -0.512 e. The number of aryl methyl sites for hydroxylation is 2. The van der Waals surface area contributed by atoms with Crippen LogP contribution in [0, 0.1) is 23.8 Å². The van der Waals surface area contributed by atoms with Gasteiger partial charge in [0.05, 0.1) is 5.76 Å². The van der Waals surface area contributed by atoms with Gasteiger partial charge >= 0.3 is 0 Å². The number of aromatic nitrogens is 2. The summed E-state index contributed by atoms with van der Waals surface area (Å²) in [6.45, 7) is 19.3. The van der Waals surface area contributed by atoms with Gasteiger partial charge in [0.25, 0.3) is 0 Å². The number of hydrogen-bond acceptors (Lipinski definition) is 5. The Balaban J connectivity index is 0.000000312. The fraction of sp³-hybridized carbons (Fsp3) is 0.444. The molecule has 273 valence electrons. The average molecular weight is 864 g/mol. The molecule has 0 fully saturated rings. The molecule has 5 nitrogen and oxygen atoms in total. The molecule has 3 heterocycles. The molecule has 1 radical (unpaired) electrons. The summed E-state index contributed by atoms with van der Waals surface area (Å²) in [7, 11) is 0. The van der Waals surface area contributed by atoms with E-state index in [0.717, 1.165) is 84.0 Å². The standard InChI is InChI=1S/C32H31N2O.C13H24O2.Ir/c1-19(2)14-20-15-22-10-11-25-26-12-13-33-29(31(26)35-30(25)28(22)34-18-20)23-16-21-8-6-7-9-24(21)27(17-23)32(3,4)5;1-5-10(6-2)12(14)9-13(15)11(7-3)8-4;/h6-9,12-13,15,17-19H,10-11,14H2,1-5H3;9-11,14H,5-8H2,1-4H3;/q-1;;/b;12-9-;. The number of aliphatic hydroxyl groups excluding tert-OH is 1. The Kier molecular flexibility index (Phi) is 13.6. The summed E-state index contributed by atoms with van der Waals surface area (Å²) in [6, 6.07) is 18.8. The Hall–Kier alpha value is -3.60. The number of furan rings is 1. The van der Waals surface area contributed by atoms with E-state index in [0.29, 0.717) is 5.92 Å². The number of pyridine rings is 2. The van der Waals surface area contributed by atoms with Crippen LogP contribution >= 0.6 is 0 Å². The SMILES string of the molecule is CC(C)Cc1cnc2c(c1)CCc1c-2oc2c(-c3[c-]c4ccccc4c(C(C)(C)C)c3)nccc12.CCC(CC)C(=O)/C=C(\O)C(CC)CC.[Ir]. The zero-order chi connectivity index (χ0) is 36.2. The first kappa shape index (κ1) is 40.2. The van der Waals surface area contributed by atoms with Crippen molar-refractivity contribution in [1.82, 2.24) is 9.97 Å². The van der Waals surface area contributed by atoms with Gasteiger partial charge in [-0.1, -0.05) is 97.5 Å². The van der Waals surface area contributed by atoms with Gasteiger partial charge in [-0.15, -0.1) is 29.1 Å². The van der Waals surface area contributed by atoms with Crippen molar-refractivity contribution in [3.63, 3.8) is 0 Å². The second kappa shape index (κ2) is 17.3. The molecule has 0 bridgehead atoms. The van der Waals surface area contributed by atoms with Gasteiger partial charge in [0.2, 0.25) is 0 Å². The molecule has 5 aromatic rings. The summed E-state index contributed by atoms with van der Waals surface area (Å²) in [5.74, 6) is 2.07. The second-order valence-corrected chi connectivity index (χ2v) is 15.3. The van der Waals surface area contributed by atoms with Crippen LogP contribution in [0.1, 0.15) is 110 Å². The van der Waals surface area contributed by atoms with E-state index < -0.39 is 0 Å². The van der Waals surface area contributed by atoms with Crippen molar-refractivity contribution in [2.45, 2.75) is 113 Å². The van der Waals surface area contributed by atoms with E-state index in [1.165, 1.54) is 33.7 Å². The monoisotopic (exact) mass is 864 g/mol. The Labute approximate surface area is 318 Å². The van der Waals surface area contributed by atoms with E-state index in [4.69, 9.17) is 14.4 Å². The number of ketones is 1. The number of carbonyl (C=O) groups is 1. The molecule has 0 spiro atoms. The molecule has 6 rings (SSSR count). The van der Waals surface area contributed by atoms with Crippen molar-refractivity contribution in [2.75, 3.05) is 0 Å². The zero-order valence-electron chi connectivity index (χ0n) is 31.9. The zero-order valence-corrected chi connectivity index (χ0v) is 34.3. The minimum absolute atomic E-state index is 0. The molecule has 0 amide bonds. The topological polar surface area (TPSA) is 76.2 Å². The van der Waals surface area contributed by atoms with Crippen molar-refractivity contribution in [1.29, 1.82) is 0 Å². The van der Waals surface area contributed by atoms with Gasteiger partial charge in [0, 0.05) is 67.1 Å². The Morgan fingerprint density at radius 1 is 0.922 bits per heavy atom. The molecule has 1 aliphatic rings. The molecule has 0 saturated carbocycles. The third kappa shape index (κ3) is 8.90. The number of carbonyl (C=O) groups excluding carboxylic acids is 1. The molecule has 2 aromatic carbocycles. The second-order valence-electron chi connectivity index (χ2n) is 15.3. The van der Waals surface area contributed by atoms with Gasteiger partial charge in [0.1, 0.15) is 11.3 Å². The van der Waals surface area contributed by atoms with E-state index in [1.54, 1.807) is 0 Å². The normalized spacial score (nSPS) is 12.9. The van der Waals surface area contributed by atoms with Crippen LogP contribution in [0.15, 0.2) is 71.1 Å². The predicted molar refractivity (Wildman–Crippen MR) is 208 cm³/mol. The third-order valence-corrected chi connectivity index (χ3v) is 10.2. The van der Waals surface area contributed by atoms with Gasteiger partial charge in [0.15, 0.2) is 11.5 Å². The third-order valence-electron chi connectivity index (χ3n) is 10.2. The number of hydrogen-bond donors (Lipinski definition) is 1. The molecule has 6 heteroatoms. The van der Waals surface area contributed by atoms with Gasteiger partial charge in [-0.05, 0) is 73.5 Å². The number of aliphatic hydroxyl groups is 1. The molecule has 51 heavy (non-hydrogen) atoms. The van der Waals surface area contributed by atoms with E-state index in [9.17, 15) is 9.90 Å². The van der Waals surface area contributed by atoms with Crippen LogP contribution in [0.3, 0.4) is 0 Å². The molecule has 0 aliphatic heterocycles. The molecule has 0 unspecified atom stereocenters. The van der Waals surface area contributed by atoms with Crippen molar-refractivity contribution in [2.24, 2.45) is 17.8 Å². The van der Waals surface area contributed by atoms with Gasteiger partial charge in [-0.25, -0.2) is 0 Å². The first-order valence-corrected chi connectivity index (χ1v) is 18.7. The van der Waals surface area contributed by atoms with Crippen molar-refractivity contribution < 1.29 is 34.4 Å². The van der Waals surface area contributed by atoms with Gasteiger partial charge in [-0.2, -0.15) is 0 Å². The molecular weight excluding hydrogens is 809 g/mol. The molecule has 1 aliphatic carbocycles. The van der Waals surface area contributed by atoms with Crippen molar-refractivity contribution >= 4 is 27.5 Å². The van der Waals surface area contributed by atoms with Crippen LogP contribution in [0.2, 0.25) is 0 Å². The number of nitrogens with zero attached hydrogens (tertiary/aromatic N) is 2. The van der Waals surface area contributed by atoms with Crippen LogP contribution < -0.4 is 0 Å². The fourth-order valence-electron chi connectivity index (χ4n) is 7.26. The quantitative estimate of drug-likeness (QED) is 0.0860. The summed E-state index contributed by atoms with van der Waals surface area (Å²) < 4.78 is 6.62. The molecule has 1 N–H and O–H groups in total. The predicted octanol–water partition coefficient (Wildman–Crippen LogP) is 12.0. The van der Waals surface area contributed by atoms with E-state index in [2.05, 4.69) is 83.1 Å². The van der Waals surface area contributed by atoms with Crippen LogP contribution in [-0.2, 0) is 49.6 Å². The molecule has 0 saturated heterocycles. The maximum absolute atomic E-state index is 11.7. The Morgan fingerprint density at radius 3 is 2.25 bits per heavy atom. The Morgan fingerprint density at radius 2 is 1.61 bits per heavy atom. The first-order valence-electron chi connectivity index (χ1n) is 18.7. The molecular formula is C45H55IrN2O3-. The maximum atomic E-state index is 11.7. The minimum atomic E-state index is -0.00367. The number of allylic oxidation sites excluding steroid dienone is 2. The summed E-state index contributed by atoms with van der Waals surface area (Å²) in [5.41, 5.74) is 8.79.